The molecule has 5 rings (SSSR count). The number of fused-ring (bicyclic) bond motifs is 1. The summed E-state index contributed by atoms with van der Waals surface area (Å²) in [5.41, 5.74) is 2.96. The van der Waals surface area contributed by atoms with E-state index in [2.05, 4.69) is 18.3 Å². The molecule has 0 bridgehead atoms. The minimum atomic E-state index is -0.320. The summed E-state index contributed by atoms with van der Waals surface area (Å²) in [6, 6.07) is 15.6. The summed E-state index contributed by atoms with van der Waals surface area (Å²) in [5.74, 6) is 0.381. The van der Waals surface area contributed by atoms with Crippen molar-refractivity contribution in [2.75, 3.05) is 13.2 Å². The molecule has 1 aliphatic carbocycles. The van der Waals surface area contributed by atoms with Gasteiger partial charge in [-0.05, 0) is 54.8 Å². The molecule has 1 aliphatic heterocycles. The third-order valence-electron chi connectivity index (χ3n) is 7.16. The average Bonchev–Trinajstić information content (AvgIpc) is 3.41. The van der Waals surface area contributed by atoms with Gasteiger partial charge in [0.05, 0.1) is 17.0 Å². The highest BCUT2D eigenvalue weighted by molar-refractivity contribution is 8.18. The molecule has 0 radical (unpaired) electrons. The smallest absolute Gasteiger partial charge is 0.293 e. The predicted molar refractivity (Wildman–Crippen MR) is 151 cm³/mol. The Labute approximate surface area is 227 Å². The SMILES string of the molecule is CCc1cccc2c(/C=C3\SC(=O)N(CCOc4ccccc4)C3=O)cn(CC(=O)NC3CCCCC3)c12. The third-order valence-corrected chi connectivity index (χ3v) is 8.07. The van der Waals surface area contributed by atoms with Crippen molar-refractivity contribution in [3.8, 4) is 5.75 Å². The van der Waals surface area contributed by atoms with Gasteiger partial charge in [0.1, 0.15) is 18.9 Å². The number of rotatable bonds is 9. The lowest BCUT2D eigenvalue weighted by Crippen LogP contribution is -2.38. The topological polar surface area (TPSA) is 80.6 Å². The first-order valence-electron chi connectivity index (χ1n) is 13.4. The van der Waals surface area contributed by atoms with Gasteiger partial charge < -0.3 is 14.6 Å². The zero-order chi connectivity index (χ0) is 26.5. The quantitative estimate of drug-likeness (QED) is 0.355. The molecule has 0 unspecified atom stereocenters. The summed E-state index contributed by atoms with van der Waals surface area (Å²) in [6.07, 6.45) is 10.2. The number of thioether (sulfide) groups is 1. The number of nitrogens with zero attached hydrogens (tertiary/aromatic N) is 2. The molecule has 7 nitrogen and oxygen atoms in total. The van der Waals surface area contributed by atoms with E-state index in [4.69, 9.17) is 4.74 Å². The summed E-state index contributed by atoms with van der Waals surface area (Å²) in [6.45, 7) is 2.72. The van der Waals surface area contributed by atoms with Crippen molar-refractivity contribution < 1.29 is 19.1 Å². The highest BCUT2D eigenvalue weighted by Crippen LogP contribution is 2.35. The number of imide groups is 1. The van der Waals surface area contributed by atoms with E-state index >= 15 is 0 Å². The lowest BCUT2D eigenvalue weighted by atomic mass is 9.95. The number of hydrogen-bond acceptors (Lipinski definition) is 5. The molecular weight excluding hydrogens is 498 g/mol. The van der Waals surface area contributed by atoms with Crippen LogP contribution in [0.1, 0.15) is 50.2 Å². The zero-order valence-electron chi connectivity index (χ0n) is 21.7. The van der Waals surface area contributed by atoms with Gasteiger partial charge in [0.2, 0.25) is 5.91 Å². The van der Waals surface area contributed by atoms with Crippen LogP contribution in [-0.4, -0.2) is 45.7 Å². The number of amides is 3. The fourth-order valence-electron chi connectivity index (χ4n) is 5.27. The van der Waals surface area contributed by atoms with Gasteiger partial charge in [0, 0.05) is 23.2 Å². The zero-order valence-corrected chi connectivity index (χ0v) is 22.5. The molecule has 1 aromatic heterocycles. The van der Waals surface area contributed by atoms with Crippen LogP contribution >= 0.6 is 11.8 Å². The summed E-state index contributed by atoms with van der Waals surface area (Å²) in [7, 11) is 0. The molecule has 3 aromatic rings. The largest absolute Gasteiger partial charge is 0.492 e. The van der Waals surface area contributed by atoms with E-state index in [1.807, 2.05) is 53.2 Å². The van der Waals surface area contributed by atoms with Crippen molar-refractivity contribution in [1.82, 2.24) is 14.8 Å². The molecule has 2 aromatic carbocycles. The highest BCUT2D eigenvalue weighted by atomic mass is 32.2. The maximum Gasteiger partial charge on any atom is 0.293 e. The Bertz CT molecular complexity index is 1360. The van der Waals surface area contributed by atoms with Crippen molar-refractivity contribution in [3.05, 3.63) is 70.8 Å². The van der Waals surface area contributed by atoms with Gasteiger partial charge in [-0.25, -0.2) is 0 Å². The van der Waals surface area contributed by atoms with E-state index in [1.165, 1.54) is 11.3 Å². The van der Waals surface area contributed by atoms with Gasteiger partial charge in [0.15, 0.2) is 0 Å². The van der Waals surface area contributed by atoms with Gasteiger partial charge >= 0.3 is 0 Å². The molecule has 38 heavy (non-hydrogen) atoms. The molecule has 2 aliphatic rings. The van der Waals surface area contributed by atoms with E-state index in [0.717, 1.165) is 65.9 Å². The average molecular weight is 532 g/mol. The summed E-state index contributed by atoms with van der Waals surface area (Å²) in [4.78, 5) is 40.3. The highest BCUT2D eigenvalue weighted by Gasteiger charge is 2.35. The first-order chi connectivity index (χ1) is 18.5. The van der Waals surface area contributed by atoms with E-state index < -0.39 is 0 Å². The first-order valence-corrected chi connectivity index (χ1v) is 14.2. The van der Waals surface area contributed by atoms with E-state index in [-0.39, 0.29) is 42.8 Å². The second-order valence-electron chi connectivity index (χ2n) is 9.78. The van der Waals surface area contributed by atoms with E-state index in [1.54, 1.807) is 6.08 Å². The van der Waals surface area contributed by atoms with Gasteiger partial charge in [-0.3, -0.25) is 19.3 Å². The number of benzene rings is 2. The van der Waals surface area contributed by atoms with Crippen molar-refractivity contribution in [2.45, 2.75) is 58.0 Å². The molecule has 8 heteroatoms. The van der Waals surface area contributed by atoms with Crippen LogP contribution in [0, 0.1) is 0 Å². The van der Waals surface area contributed by atoms with Crippen molar-refractivity contribution in [2.24, 2.45) is 0 Å². The number of aromatic nitrogens is 1. The molecular formula is C30H33N3O4S. The van der Waals surface area contributed by atoms with Gasteiger partial charge in [0.25, 0.3) is 11.1 Å². The molecule has 1 saturated heterocycles. The monoisotopic (exact) mass is 531 g/mol. The number of nitrogens with one attached hydrogen (secondary N) is 1. The molecule has 3 amide bonds. The Hall–Kier alpha value is -3.52. The third kappa shape index (κ3) is 5.80. The summed E-state index contributed by atoms with van der Waals surface area (Å²) >= 11 is 0.942. The predicted octanol–water partition coefficient (Wildman–Crippen LogP) is 5.77. The number of ether oxygens (including phenoxy) is 1. The standard InChI is InChI=1S/C30H33N3O4S/c1-2-21-10-9-15-25-22(19-32(28(21)25)20-27(34)31-23-11-5-3-6-12-23)18-26-29(35)33(30(36)38-26)16-17-37-24-13-7-4-8-14-24/h4,7-10,13-15,18-19,23H,2-3,5-6,11-12,16-17,20H2,1H3,(H,31,34)/b26-18-. The number of para-hydroxylation sites is 2. The number of carbonyl (C=O) groups excluding carboxylic acids is 3. The Morgan fingerprint density at radius 3 is 2.63 bits per heavy atom. The van der Waals surface area contributed by atoms with Crippen LogP contribution in [0.4, 0.5) is 4.79 Å². The maximum atomic E-state index is 13.1. The normalized spacial score (nSPS) is 17.5. The molecule has 198 valence electrons. The Balaban J connectivity index is 1.34. The van der Waals surface area contributed by atoms with Crippen molar-refractivity contribution in [1.29, 1.82) is 0 Å². The van der Waals surface area contributed by atoms with Crippen LogP contribution < -0.4 is 10.1 Å². The lowest BCUT2D eigenvalue weighted by molar-refractivity contribution is -0.123. The first kappa shape index (κ1) is 26.1. The second kappa shape index (κ2) is 11.9. The molecule has 2 fully saturated rings. The molecule has 0 atom stereocenters. The van der Waals surface area contributed by atoms with Gasteiger partial charge in [-0.15, -0.1) is 0 Å². The molecule has 2 heterocycles. The van der Waals surface area contributed by atoms with Crippen LogP contribution in [0.15, 0.2) is 59.6 Å². The summed E-state index contributed by atoms with van der Waals surface area (Å²) < 4.78 is 7.66. The van der Waals surface area contributed by atoms with Gasteiger partial charge in [-0.1, -0.05) is 62.6 Å². The van der Waals surface area contributed by atoms with E-state index in [9.17, 15) is 14.4 Å². The van der Waals surface area contributed by atoms with Crippen LogP contribution in [0.3, 0.4) is 0 Å². The van der Waals surface area contributed by atoms with Crippen LogP contribution in [0.2, 0.25) is 0 Å². The fourth-order valence-corrected chi connectivity index (χ4v) is 6.13. The van der Waals surface area contributed by atoms with E-state index in [0.29, 0.717) is 10.7 Å². The van der Waals surface area contributed by atoms with Crippen LogP contribution in [0.25, 0.3) is 17.0 Å². The fraction of sp³-hybridized carbons (Fsp3) is 0.367. The Morgan fingerprint density at radius 2 is 1.87 bits per heavy atom. The lowest BCUT2D eigenvalue weighted by Gasteiger charge is -2.23. The maximum absolute atomic E-state index is 13.1. The Morgan fingerprint density at radius 1 is 1.08 bits per heavy atom. The molecule has 0 spiro atoms. The molecule has 1 saturated carbocycles. The second-order valence-corrected chi connectivity index (χ2v) is 10.8. The number of hydrogen-bond donors (Lipinski definition) is 1. The van der Waals surface area contributed by atoms with Crippen LogP contribution in [0.5, 0.6) is 5.75 Å². The minimum Gasteiger partial charge on any atom is -0.492 e. The number of aryl methyl sites for hydroxylation is 1. The summed E-state index contributed by atoms with van der Waals surface area (Å²) in [5, 5.41) is 3.87. The van der Waals surface area contributed by atoms with Crippen LogP contribution in [-0.2, 0) is 22.6 Å². The Kier molecular flexibility index (Phi) is 8.17. The van der Waals surface area contributed by atoms with Gasteiger partial charge in [-0.2, -0.15) is 0 Å². The van der Waals surface area contributed by atoms with Crippen molar-refractivity contribution in [3.63, 3.8) is 0 Å². The molecule has 1 N–H and O–H groups in total. The van der Waals surface area contributed by atoms with Crippen molar-refractivity contribution >= 4 is 45.8 Å². The number of carbonyl (C=O) groups is 3. The minimum absolute atomic E-state index is 0.00463.